The zero-order chi connectivity index (χ0) is 13.4. The van der Waals surface area contributed by atoms with E-state index in [9.17, 15) is 9.59 Å². The highest BCUT2D eigenvalue weighted by molar-refractivity contribution is 5.91. The first-order valence-electron chi connectivity index (χ1n) is 7.10. The second-order valence-corrected chi connectivity index (χ2v) is 6.54. The van der Waals surface area contributed by atoms with Crippen molar-refractivity contribution >= 4 is 11.8 Å². The third kappa shape index (κ3) is 1.38. The number of rotatable bonds is 0. The van der Waals surface area contributed by atoms with E-state index in [-0.39, 0.29) is 41.3 Å². The molecule has 2 aliphatic heterocycles. The summed E-state index contributed by atoms with van der Waals surface area (Å²) in [6.45, 7) is 6.62. The molecule has 0 N–H and O–H groups in total. The third-order valence-electron chi connectivity index (χ3n) is 5.77. The Labute approximate surface area is 112 Å². The van der Waals surface area contributed by atoms with Crippen LogP contribution in [0.3, 0.4) is 0 Å². The lowest BCUT2D eigenvalue weighted by Gasteiger charge is -2.28. The van der Waals surface area contributed by atoms with Crippen LogP contribution in [0, 0.1) is 23.7 Å². The molecule has 19 heavy (non-hydrogen) atoms. The number of hydrogen-bond acceptors (Lipinski definition) is 4. The number of carbonyl (C=O) groups is 2. The number of carbonyl (C=O) groups excluding carboxylic acids is 2. The van der Waals surface area contributed by atoms with Crippen LogP contribution in [0.2, 0.25) is 0 Å². The molecule has 2 saturated heterocycles. The van der Waals surface area contributed by atoms with Gasteiger partial charge in [-0.1, -0.05) is 13.5 Å². The summed E-state index contributed by atoms with van der Waals surface area (Å²) in [5.74, 6) is 0.411. The first-order chi connectivity index (χ1) is 9.03. The maximum atomic E-state index is 12.1. The van der Waals surface area contributed by atoms with Gasteiger partial charge in [-0.05, 0) is 12.8 Å². The molecule has 0 aromatic rings. The summed E-state index contributed by atoms with van der Waals surface area (Å²) in [4.78, 5) is 23.9. The van der Waals surface area contributed by atoms with Gasteiger partial charge in [0.25, 0.3) is 0 Å². The first-order valence-corrected chi connectivity index (χ1v) is 7.10. The number of fused-ring (bicyclic) bond motifs is 4. The molecule has 2 saturated carbocycles. The van der Waals surface area contributed by atoms with Gasteiger partial charge in [0.1, 0.15) is 11.9 Å². The summed E-state index contributed by atoms with van der Waals surface area (Å²) in [7, 11) is 0. The van der Waals surface area contributed by atoms with E-state index in [1.165, 1.54) is 0 Å². The third-order valence-corrected chi connectivity index (χ3v) is 5.77. The summed E-state index contributed by atoms with van der Waals surface area (Å²) in [5, 5.41) is 0. The Kier molecular flexibility index (Phi) is 2.13. The molecule has 0 radical (unpaired) electrons. The maximum Gasteiger partial charge on any atom is 0.334 e. The van der Waals surface area contributed by atoms with Gasteiger partial charge in [0.2, 0.25) is 0 Å². The molecule has 2 heterocycles. The first kappa shape index (κ1) is 11.6. The van der Waals surface area contributed by atoms with E-state index < -0.39 is 0 Å². The highest BCUT2D eigenvalue weighted by Gasteiger charge is 2.65. The van der Waals surface area contributed by atoms with Gasteiger partial charge in [0.15, 0.2) is 0 Å². The van der Waals surface area contributed by atoms with Crippen molar-refractivity contribution < 1.29 is 19.1 Å². The molecule has 0 amide bonds. The van der Waals surface area contributed by atoms with Crippen LogP contribution in [0.5, 0.6) is 0 Å². The maximum absolute atomic E-state index is 12.1. The fourth-order valence-electron chi connectivity index (χ4n) is 4.50. The molecule has 4 fully saturated rings. The predicted molar refractivity (Wildman–Crippen MR) is 66.2 cm³/mol. The minimum Gasteiger partial charge on any atom is -0.458 e. The smallest absolute Gasteiger partial charge is 0.334 e. The fourth-order valence-corrected chi connectivity index (χ4v) is 4.50. The van der Waals surface area contributed by atoms with Crippen LogP contribution in [0.25, 0.3) is 0 Å². The van der Waals surface area contributed by atoms with Crippen LogP contribution in [0.1, 0.15) is 26.2 Å². The minimum atomic E-state index is -0.270. The second-order valence-electron chi connectivity index (χ2n) is 6.54. The summed E-state index contributed by atoms with van der Waals surface area (Å²) in [5.41, 5.74) is 0.482. The second kappa shape index (κ2) is 3.48. The largest absolute Gasteiger partial charge is 0.458 e. The van der Waals surface area contributed by atoms with Gasteiger partial charge in [-0.15, -0.1) is 0 Å². The van der Waals surface area contributed by atoms with Gasteiger partial charge >= 0.3 is 5.97 Å². The van der Waals surface area contributed by atoms with Gasteiger partial charge in [-0.25, -0.2) is 4.79 Å². The van der Waals surface area contributed by atoms with Crippen molar-refractivity contribution in [1.29, 1.82) is 0 Å². The Balaban J connectivity index is 1.77. The normalized spacial score (nSPS) is 51.8. The van der Waals surface area contributed by atoms with Crippen molar-refractivity contribution in [1.82, 2.24) is 0 Å². The molecule has 0 aromatic carbocycles. The van der Waals surface area contributed by atoms with Gasteiger partial charge in [-0.3, -0.25) is 4.79 Å². The molecule has 4 rings (SSSR count). The quantitative estimate of drug-likeness (QED) is 0.377. The van der Waals surface area contributed by atoms with Crippen molar-refractivity contribution in [3.8, 4) is 0 Å². The Hall–Kier alpha value is -1.16. The number of epoxide rings is 1. The van der Waals surface area contributed by atoms with Crippen molar-refractivity contribution in [3.05, 3.63) is 12.2 Å². The molecule has 0 aromatic heterocycles. The summed E-state index contributed by atoms with van der Waals surface area (Å²) >= 11 is 0. The van der Waals surface area contributed by atoms with Gasteiger partial charge < -0.3 is 9.47 Å². The molecule has 4 nitrogen and oxygen atoms in total. The standard InChI is InChI=1S/C15H18O4/c1-7-9-3-4-15(6-18-15)10-5-11(16)8(2)12(10)13(9)19-14(7)17/h8-10,12-13H,1,3-6H2,2H3. The molecule has 4 aliphatic rings. The van der Waals surface area contributed by atoms with Crippen molar-refractivity contribution in [2.24, 2.45) is 23.7 Å². The lowest BCUT2D eigenvalue weighted by atomic mass is 9.77. The van der Waals surface area contributed by atoms with Gasteiger partial charge in [-0.2, -0.15) is 0 Å². The number of ketones is 1. The Morgan fingerprint density at radius 3 is 2.79 bits per heavy atom. The van der Waals surface area contributed by atoms with Gasteiger partial charge in [0, 0.05) is 35.7 Å². The van der Waals surface area contributed by atoms with E-state index in [1.807, 2.05) is 6.92 Å². The summed E-state index contributed by atoms with van der Waals surface area (Å²) in [6.07, 6.45) is 2.24. The van der Waals surface area contributed by atoms with E-state index in [0.29, 0.717) is 17.8 Å². The Morgan fingerprint density at radius 1 is 1.37 bits per heavy atom. The predicted octanol–water partition coefficient (Wildman–Crippen LogP) is 1.49. The van der Waals surface area contributed by atoms with Crippen LogP contribution < -0.4 is 0 Å². The molecule has 6 atom stereocenters. The molecule has 0 bridgehead atoms. The number of Topliss-reactive ketones (excluding diaryl/α,β-unsaturated/α-hetero) is 1. The van der Waals surface area contributed by atoms with Crippen LogP contribution in [0.4, 0.5) is 0 Å². The molecule has 2 aliphatic carbocycles. The number of esters is 1. The molecule has 1 spiro atoms. The Bertz CT molecular complexity index is 490. The fraction of sp³-hybridized carbons (Fsp3) is 0.733. The van der Waals surface area contributed by atoms with Crippen molar-refractivity contribution in [3.63, 3.8) is 0 Å². The van der Waals surface area contributed by atoms with Gasteiger partial charge in [0.05, 0.1) is 12.2 Å². The zero-order valence-corrected chi connectivity index (χ0v) is 11.1. The molecule has 6 unspecified atom stereocenters. The van der Waals surface area contributed by atoms with Crippen molar-refractivity contribution in [2.75, 3.05) is 6.61 Å². The summed E-state index contributed by atoms with van der Waals surface area (Å²) < 4.78 is 11.3. The van der Waals surface area contributed by atoms with Crippen molar-refractivity contribution in [2.45, 2.75) is 37.9 Å². The van der Waals surface area contributed by atoms with Crippen LogP contribution in [0.15, 0.2) is 12.2 Å². The average Bonchev–Trinajstić information content (AvgIpc) is 3.06. The van der Waals surface area contributed by atoms with E-state index in [1.54, 1.807) is 0 Å². The van der Waals surface area contributed by atoms with E-state index >= 15 is 0 Å². The highest BCUT2D eigenvalue weighted by atomic mass is 16.6. The number of ether oxygens (including phenoxy) is 2. The van der Waals surface area contributed by atoms with Crippen LogP contribution in [-0.4, -0.2) is 30.1 Å². The lowest BCUT2D eigenvalue weighted by molar-refractivity contribution is -0.143. The molecular formula is C15H18O4. The van der Waals surface area contributed by atoms with Crippen LogP contribution >= 0.6 is 0 Å². The van der Waals surface area contributed by atoms with E-state index in [4.69, 9.17) is 9.47 Å². The SMILES string of the molecule is C=C1C(=O)OC2C1CCC1(CO1)C1CC(=O)C(C)C21. The van der Waals surface area contributed by atoms with Crippen LogP contribution in [-0.2, 0) is 19.1 Å². The zero-order valence-electron chi connectivity index (χ0n) is 11.1. The average molecular weight is 262 g/mol. The monoisotopic (exact) mass is 262 g/mol. The highest BCUT2D eigenvalue weighted by Crippen LogP contribution is 2.58. The topological polar surface area (TPSA) is 55.9 Å². The molecular weight excluding hydrogens is 244 g/mol. The summed E-state index contributed by atoms with van der Waals surface area (Å²) in [6, 6.07) is 0. The van der Waals surface area contributed by atoms with E-state index in [2.05, 4.69) is 6.58 Å². The lowest BCUT2D eigenvalue weighted by Crippen LogP contribution is -2.35. The molecule has 102 valence electrons. The Morgan fingerprint density at radius 2 is 2.11 bits per heavy atom. The molecule has 4 heteroatoms. The minimum absolute atomic E-state index is 0.0321. The van der Waals surface area contributed by atoms with E-state index in [0.717, 1.165) is 19.4 Å². The number of hydrogen-bond donors (Lipinski definition) is 0.